The number of nitrogens with one attached hydrogen (secondary N) is 1. The van der Waals surface area contributed by atoms with Crippen LogP contribution in [0.1, 0.15) is 45.1 Å². The topological polar surface area (TPSA) is 46.8 Å². The first-order chi connectivity index (χ1) is 24.3. The van der Waals surface area contributed by atoms with E-state index in [1.54, 1.807) is 0 Å². The fourth-order valence-corrected chi connectivity index (χ4v) is 8.69. The highest BCUT2D eigenvalue weighted by Gasteiger charge is 2.51. The molecule has 2 aliphatic heterocycles. The lowest BCUT2D eigenvalue weighted by Gasteiger charge is -2.39. The predicted octanol–water partition coefficient (Wildman–Crippen LogP) is 11.0. The van der Waals surface area contributed by atoms with Gasteiger partial charge in [-0.05, 0) is 52.6 Å². The number of nitrogens with zero attached hydrogens (tertiary/aromatic N) is 1. The number of hydrogen-bond acceptors (Lipinski definition) is 4. The number of hydrogen-bond donors (Lipinski definition) is 1. The second kappa shape index (κ2) is 9.82. The summed E-state index contributed by atoms with van der Waals surface area (Å²) in [5.74, 6) is 1.78. The highest BCUT2D eigenvalue weighted by atomic mass is 16.5. The fraction of sp³-hybridized carbons (Fsp3) is 0.0444. The zero-order valence-electron chi connectivity index (χ0n) is 26.4. The zero-order valence-corrected chi connectivity index (χ0v) is 26.4. The first-order valence-corrected chi connectivity index (χ1v) is 16.8. The molecule has 11 rings (SSSR count). The van der Waals surface area contributed by atoms with Gasteiger partial charge >= 0.3 is 0 Å². The van der Waals surface area contributed by atoms with Crippen LogP contribution in [0.3, 0.4) is 0 Å². The van der Waals surface area contributed by atoms with Crippen LogP contribution in [-0.2, 0) is 5.41 Å². The smallest absolute Gasteiger partial charge is 0.146 e. The van der Waals surface area contributed by atoms with Crippen molar-refractivity contribution in [2.75, 3.05) is 5.32 Å². The van der Waals surface area contributed by atoms with E-state index < -0.39 is 5.41 Å². The lowest BCUT2D eigenvalue weighted by Crippen LogP contribution is -2.32. The maximum Gasteiger partial charge on any atom is 0.146 e. The van der Waals surface area contributed by atoms with Gasteiger partial charge in [-0.15, -0.1) is 0 Å². The Morgan fingerprint density at radius 3 is 1.96 bits per heavy atom. The number of aliphatic imine (C=N–C) groups is 1. The summed E-state index contributed by atoms with van der Waals surface area (Å²) in [7, 11) is 0. The van der Waals surface area contributed by atoms with E-state index in [1.165, 1.54) is 22.3 Å². The minimum Gasteiger partial charge on any atom is -0.457 e. The summed E-state index contributed by atoms with van der Waals surface area (Å²) >= 11 is 0. The van der Waals surface area contributed by atoms with Crippen molar-refractivity contribution in [1.29, 1.82) is 0 Å². The summed E-state index contributed by atoms with van der Waals surface area (Å²) in [6.07, 6.45) is -0.319. The summed E-state index contributed by atoms with van der Waals surface area (Å²) in [4.78, 5) is 5.61. The van der Waals surface area contributed by atoms with E-state index >= 15 is 0 Å². The van der Waals surface area contributed by atoms with E-state index in [2.05, 4.69) is 145 Å². The van der Waals surface area contributed by atoms with Gasteiger partial charge in [-0.25, -0.2) is 0 Å². The van der Waals surface area contributed by atoms with E-state index in [4.69, 9.17) is 14.1 Å². The molecular weight excluding hydrogens is 601 g/mol. The maximum absolute atomic E-state index is 6.57. The first-order valence-electron chi connectivity index (χ1n) is 16.8. The van der Waals surface area contributed by atoms with Crippen LogP contribution in [0.4, 0.5) is 5.69 Å². The Kier molecular flexibility index (Phi) is 5.34. The highest BCUT2D eigenvalue weighted by molar-refractivity contribution is 6.21. The Balaban J connectivity index is 1.21. The van der Waals surface area contributed by atoms with Gasteiger partial charge in [0.1, 0.15) is 28.8 Å². The number of rotatable bonds is 2. The van der Waals surface area contributed by atoms with E-state index in [1.807, 2.05) is 18.2 Å². The molecule has 49 heavy (non-hydrogen) atoms. The number of furan rings is 1. The van der Waals surface area contributed by atoms with Crippen molar-refractivity contribution < 1.29 is 9.15 Å². The monoisotopic (exact) mass is 628 g/mol. The number of fused-ring (bicyclic) bond motifs is 13. The molecule has 230 valence electrons. The van der Waals surface area contributed by atoms with Crippen LogP contribution >= 0.6 is 0 Å². The SMILES string of the molecule is c1ccc2c(c1)NC(c1cccc3oc4ccccc4c13)N=C2c1cccc2c1-c1ccccc1C21c2ccccc2Oc2ccccc21. The quantitative estimate of drug-likeness (QED) is 0.207. The van der Waals surface area contributed by atoms with E-state index in [0.29, 0.717) is 0 Å². The average Bonchev–Trinajstić information content (AvgIpc) is 3.69. The van der Waals surface area contributed by atoms with Gasteiger partial charge in [0.2, 0.25) is 0 Å². The second-order valence-corrected chi connectivity index (χ2v) is 13.0. The fourth-order valence-electron chi connectivity index (χ4n) is 8.69. The van der Waals surface area contributed by atoms with Gasteiger partial charge in [0.25, 0.3) is 0 Å². The van der Waals surface area contributed by atoms with Crippen LogP contribution < -0.4 is 10.1 Å². The molecule has 1 N–H and O–H groups in total. The third kappa shape index (κ3) is 3.50. The van der Waals surface area contributed by atoms with E-state index in [-0.39, 0.29) is 6.17 Å². The molecule has 0 fully saturated rings. The third-order valence-electron chi connectivity index (χ3n) is 10.6. The Morgan fingerprint density at radius 2 is 1.12 bits per heavy atom. The normalized spacial score (nSPS) is 16.2. The Labute approximate surface area is 283 Å². The lowest BCUT2D eigenvalue weighted by molar-refractivity contribution is 0.436. The maximum atomic E-state index is 6.57. The average molecular weight is 629 g/mol. The van der Waals surface area contributed by atoms with Crippen molar-refractivity contribution >= 4 is 33.3 Å². The molecule has 4 heteroatoms. The molecule has 8 aromatic rings. The van der Waals surface area contributed by atoms with Crippen molar-refractivity contribution in [2.24, 2.45) is 4.99 Å². The number of para-hydroxylation sites is 4. The first kappa shape index (κ1) is 26.7. The molecule has 1 aromatic heterocycles. The van der Waals surface area contributed by atoms with Crippen LogP contribution in [0.2, 0.25) is 0 Å². The van der Waals surface area contributed by atoms with Gasteiger partial charge in [0.15, 0.2) is 0 Å². The minimum atomic E-state index is -0.541. The van der Waals surface area contributed by atoms with Crippen molar-refractivity contribution in [3.63, 3.8) is 0 Å². The molecule has 4 nitrogen and oxygen atoms in total. The largest absolute Gasteiger partial charge is 0.457 e. The van der Waals surface area contributed by atoms with Crippen molar-refractivity contribution in [2.45, 2.75) is 11.6 Å². The molecule has 3 aliphatic rings. The summed E-state index contributed by atoms with van der Waals surface area (Å²) in [5.41, 5.74) is 13.8. The summed E-state index contributed by atoms with van der Waals surface area (Å²) < 4.78 is 12.9. The Morgan fingerprint density at radius 1 is 0.510 bits per heavy atom. The van der Waals surface area contributed by atoms with E-state index in [9.17, 15) is 0 Å². The molecule has 0 bridgehead atoms. The molecule has 0 saturated heterocycles. The van der Waals surface area contributed by atoms with Gasteiger partial charge in [0.05, 0.1) is 11.1 Å². The molecule has 3 heterocycles. The van der Waals surface area contributed by atoms with Crippen molar-refractivity contribution in [3.05, 3.63) is 197 Å². The van der Waals surface area contributed by atoms with Gasteiger partial charge < -0.3 is 14.5 Å². The third-order valence-corrected chi connectivity index (χ3v) is 10.6. The number of anilines is 1. The summed E-state index contributed by atoms with van der Waals surface area (Å²) in [5, 5.41) is 5.97. The lowest BCUT2D eigenvalue weighted by atomic mass is 9.66. The number of benzene rings is 7. The molecule has 0 amide bonds. The number of ether oxygens (including phenoxy) is 1. The zero-order chi connectivity index (χ0) is 32.1. The molecule has 1 aliphatic carbocycles. The van der Waals surface area contributed by atoms with Crippen LogP contribution in [0.5, 0.6) is 11.5 Å². The molecule has 1 unspecified atom stereocenters. The van der Waals surface area contributed by atoms with Crippen LogP contribution in [0.25, 0.3) is 33.1 Å². The molecule has 1 spiro atoms. The molecule has 7 aromatic carbocycles. The van der Waals surface area contributed by atoms with Crippen LogP contribution in [0.15, 0.2) is 167 Å². The Hall–Kier alpha value is -6.39. The van der Waals surface area contributed by atoms with Crippen molar-refractivity contribution in [1.82, 2.24) is 0 Å². The standard InChI is InChI=1S/C45H28N2O2/c1-4-18-32-27(13-1)41-30(16-11-21-35(41)45(32)33-19-5-9-24-38(33)49-39-25-10-6-20-34(39)45)43-28-14-2-7-22-36(28)46-44(47-43)31-17-12-26-40-42(31)29-15-3-8-23-37(29)48-40/h1-26,44,46H. The van der Waals surface area contributed by atoms with Crippen molar-refractivity contribution in [3.8, 4) is 22.6 Å². The Bertz CT molecular complexity index is 2650. The molecule has 1 atom stereocenters. The second-order valence-electron chi connectivity index (χ2n) is 13.0. The van der Waals surface area contributed by atoms with Gasteiger partial charge in [-0.3, -0.25) is 4.99 Å². The minimum absolute atomic E-state index is 0.319. The summed E-state index contributed by atoms with van der Waals surface area (Å²) in [6.45, 7) is 0. The van der Waals surface area contributed by atoms with Gasteiger partial charge in [0, 0.05) is 44.3 Å². The van der Waals surface area contributed by atoms with Crippen LogP contribution in [0, 0.1) is 0 Å². The van der Waals surface area contributed by atoms with Crippen LogP contribution in [-0.4, -0.2) is 5.71 Å². The van der Waals surface area contributed by atoms with Gasteiger partial charge in [-0.2, -0.15) is 0 Å². The predicted molar refractivity (Wildman–Crippen MR) is 196 cm³/mol. The highest BCUT2D eigenvalue weighted by Crippen LogP contribution is 2.62. The molecular formula is C45H28N2O2. The summed E-state index contributed by atoms with van der Waals surface area (Å²) in [6, 6.07) is 55.7. The van der Waals surface area contributed by atoms with E-state index in [0.717, 1.165) is 72.7 Å². The van der Waals surface area contributed by atoms with Gasteiger partial charge in [-0.1, -0.05) is 127 Å². The molecule has 0 saturated carbocycles. The molecule has 0 radical (unpaired) electrons.